The number of fused-ring (bicyclic) bond motifs is 1. The largest absolute Gasteiger partial charge is 0.305 e. The number of thiophene rings is 1. The molecule has 0 spiro atoms. The maximum atomic E-state index is 12.4. The summed E-state index contributed by atoms with van der Waals surface area (Å²) in [6, 6.07) is 9.94. The van der Waals surface area contributed by atoms with Crippen molar-refractivity contribution in [1.29, 1.82) is 0 Å². The molecule has 0 fully saturated rings. The molecule has 9 heteroatoms. The predicted octanol–water partition coefficient (Wildman–Crippen LogP) is 5.28. The molecule has 6 nitrogen and oxygen atoms in total. The quantitative estimate of drug-likeness (QED) is 0.391. The van der Waals surface area contributed by atoms with E-state index in [1.165, 1.54) is 58.4 Å². The molecule has 1 aliphatic carbocycles. The van der Waals surface area contributed by atoms with Gasteiger partial charge in [0.25, 0.3) is 0 Å². The van der Waals surface area contributed by atoms with Gasteiger partial charge in [0.15, 0.2) is 16.1 Å². The first-order chi connectivity index (χ1) is 15.2. The molecule has 0 bridgehead atoms. The van der Waals surface area contributed by atoms with Crippen molar-refractivity contribution in [1.82, 2.24) is 19.7 Å². The molecule has 3 aromatic heterocycles. The number of carbonyl (C=O) groups is 1. The van der Waals surface area contributed by atoms with Gasteiger partial charge in [-0.2, -0.15) is 0 Å². The minimum absolute atomic E-state index is 0.101. The van der Waals surface area contributed by atoms with E-state index >= 15 is 0 Å². The number of aromatic nitrogens is 4. The molecule has 1 aliphatic rings. The van der Waals surface area contributed by atoms with Crippen molar-refractivity contribution in [3.63, 3.8) is 0 Å². The Kier molecular flexibility index (Phi) is 5.89. The van der Waals surface area contributed by atoms with Crippen molar-refractivity contribution >= 4 is 45.5 Å². The summed E-state index contributed by atoms with van der Waals surface area (Å²) >= 11 is 4.65. The van der Waals surface area contributed by atoms with Crippen molar-refractivity contribution in [2.75, 3.05) is 11.1 Å². The third-order valence-electron chi connectivity index (χ3n) is 5.29. The first-order valence-corrected chi connectivity index (χ1v) is 12.9. The average molecular weight is 468 g/mol. The number of hydrogen-bond acceptors (Lipinski definition) is 7. The number of thioether (sulfide) groups is 1. The second kappa shape index (κ2) is 8.94. The second-order valence-corrected chi connectivity index (χ2v) is 10.1. The highest BCUT2D eigenvalue weighted by Crippen LogP contribution is 2.36. The Hall–Kier alpha value is -2.49. The molecule has 158 valence electrons. The van der Waals surface area contributed by atoms with Crippen LogP contribution >= 0.6 is 34.4 Å². The van der Waals surface area contributed by atoms with E-state index < -0.39 is 0 Å². The highest BCUT2D eigenvalue weighted by atomic mass is 32.2. The third kappa shape index (κ3) is 4.30. The van der Waals surface area contributed by atoms with Crippen LogP contribution < -0.4 is 5.32 Å². The van der Waals surface area contributed by atoms with Gasteiger partial charge in [0.2, 0.25) is 5.91 Å². The van der Waals surface area contributed by atoms with Crippen LogP contribution in [0.25, 0.3) is 22.6 Å². The van der Waals surface area contributed by atoms with Gasteiger partial charge in [0.1, 0.15) is 0 Å². The lowest BCUT2D eigenvalue weighted by atomic mass is 9.96. The number of benzene rings is 1. The highest BCUT2D eigenvalue weighted by Gasteiger charge is 2.21. The molecule has 4 aromatic rings. The van der Waals surface area contributed by atoms with Gasteiger partial charge in [0.05, 0.1) is 11.4 Å². The van der Waals surface area contributed by atoms with Gasteiger partial charge in [-0.15, -0.1) is 32.9 Å². The van der Waals surface area contributed by atoms with Crippen LogP contribution in [0.1, 0.15) is 23.3 Å². The third-order valence-corrected chi connectivity index (χ3v) is 8.16. The summed E-state index contributed by atoms with van der Waals surface area (Å²) in [5.41, 5.74) is 4.53. The number of aryl methyl sites for hydroxylation is 1. The zero-order valence-corrected chi connectivity index (χ0v) is 19.4. The molecule has 1 N–H and O–H groups in total. The van der Waals surface area contributed by atoms with Crippen LogP contribution in [0.2, 0.25) is 0 Å². The van der Waals surface area contributed by atoms with Gasteiger partial charge in [-0.3, -0.25) is 4.79 Å². The van der Waals surface area contributed by atoms with Crippen LogP contribution in [0.4, 0.5) is 5.13 Å². The molecule has 0 atom stereocenters. The predicted molar refractivity (Wildman–Crippen MR) is 128 cm³/mol. The molecule has 0 radical (unpaired) electrons. The minimum atomic E-state index is -0.101. The molecule has 1 aromatic carbocycles. The van der Waals surface area contributed by atoms with E-state index in [9.17, 15) is 4.79 Å². The lowest BCUT2D eigenvalue weighted by Crippen LogP contribution is -2.14. The van der Waals surface area contributed by atoms with E-state index in [4.69, 9.17) is 0 Å². The fraction of sp³-hybridized carbons (Fsp3) is 0.273. The van der Waals surface area contributed by atoms with E-state index in [-0.39, 0.29) is 11.7 Å². The number of hydrogen-bond donors (Lipinski definition) is 1. The SMILES string of the molecule is Cn1c(SCC(=O)Nc2nc(-c3ccccc3)cs2)nnc1-c1csc2c1CCCC2. The van der Waals surface area contributed by atoms with E-state index in [2.05, 4.69) is 25.9 Å². The monoisotopic (exact) mass is 467 g/mol. The second-order valence-electron chi connectivity index (χ2n) is 7.36. The Morgan fingerprint density at radius 3 is 2.84 bits per heavy atom. The number of anilines is 1. The Morgan fingerprint density at radius 2 is 1.97 bits per heavy atom. The Bertz CT molecular complexity index is 1210. The standard InChI is InChI=1S/C22H21N5OS3/c1-27-20(16-11-29-18-10-6-5-9-15(16)18)25-26-22(27)31-13-19(28)24-21-23-17(12-30-21)14-7-3-2-4-8-14/h2-4,7-8,11-12H,5-6,9-10,13H2,1H3,(H,23,24,28). The topological polar surface area (TPSA) is 72.7 Å². The summed E-state index contributed by atoms with van der Waals surface area (Å²) in [5.74, 6) is 1.04. The molecular weight excluding hydrogens is 446 g/mol. The van der Waals surface area contributed by atoms with Gasteiger partial charge >= 0.3 is 0 Å². The van der Waals surface area contributed by atoms with Crippen LogP contribution in [0.15, 0.2) is 46.2 Å². The fourth-order valence-electron chi connectivity index (χ4n) is 3.71. The lowest BCUT2D eigenvalue weighted by molar-refractivity contribution is -0.113. The van der Waals surface area contributed by atoms with Gasteiger partial charge < -0.3 is 9.88 Å². The van der Waals surface area contributed by atoms with Crippen molar-refractivity contribution < 1.29 is 4.79 Å². The van der Waals surface area contributed by atoms with Crippen LogP contribution in [0, 0.1) is 0 Å². The summed E-state index contributed by atoms with van der Waals surface area (Å²) < 4.78 is 1.99. The Balaban J connectivity index is 1.22. The van der Waals surface area contributed by atoms with Gasteiger partial charge in [-0.25, -0.2) is 4.98 Å². The van der Waals surface area contributed by atoms with Crippen molar-refractivity contribution in [3.05, 3.63) is 51.5 Å². The molecule has 0 unspecified atom stereocenters. The van der Waals surface area contributed by atoms with Crippen molar-refractivity contribution in [2.45, 2.75) is 30.8 Å². The maximum Gasteiger partial charge on any atom is 0.236 e. The normalized spacial score (nSPS) is 13.2. The minimum Gasteiger partial charge on any atom is -0.305 e. The van der Waals surface area contributed by atoms with E-state index in [1.54, 1.807) is 0 Å². The Morgan fingerprint density at radius 1 is 1.13 bits per heavy atom. The summed E-state index contributed by atoms with van der Waals surface area (Å²) in [6.45, 7) is 0. The van der Waals surface area contributed by atoms with Crippen molar-refractivity contribution in [2.24, 2.45) is 7.05 Å². The zero-order chi connectivity index (χ0) is 21.2. The first kappa shape index (κ1) is 20.4. The van der Waals surface area contributed by atoms with Gasteiger partial charge in [-0.1, -0.05) is 42.1 Å². The fourth-order valence-corrected chi connectivity index (χ4v) is 6.29. The van der Waals surface area contributed by atoms with Crippen molar-refractivity contribution in [3.8, 4) is 22.6 Å². The maximum absolute atomic E-state index is 12.4. The number of rotatable bonds is 6. The summed E-state index contributed by atoms with van der Waals surface area (Å²) in [4.78, 5) is 18.4. The van der Waals surface area contributed by atoms with Crippen LogP contribution in [0.5, 0.6) is 0 Å². The highest BCUT2D eigenvalue weighted by molar-refractivity contribution is 7.99. The molecule has 0 saturated heterocycles. The van der Waals surface area contributed by atoms with E-state index in [1.807, 2.05) is 58.7 Å². The summed E-state index contributed by atoms with van der Waals surface area (Å²) in [5, 5.41) is 17.1. The van der Waals surface area contributed by atoms with Crippen LogP contribution in [-0.2, 0) is 24.7 Å². The average Bonchev–Trinajstić information content (AvgIpc) is 3.52. The van der Waals surface area contributed by atoms with Gasteiger partial charge in [-0.05, 0) is 31.2 Å². The molecule has 31 heavy (non-hydrogen) atoms. The number of thiazole rings is 1. The van der Waals surface area contributed by atoms with E-state index in [0.717, 1.165) is 28.7 Å². The number of nitrogens with zero attached hydrogens (tertiary/aromatic N) is 4. The zero-order valence-electron chi connectivity index (χ0n) is 17.0. The lowest BCUT2D eigenvalue weighted by Gasteiger charge is -2.12. The Labute approximate surface area is 192 Å². The molecule has 5 rings (SSSR count). The summed E-state index contributed by atoms with van der Waals surface area (Å²) in [7, 11) is 1.97. The molecular formula is C22H21N5OS3. The number of carbonyl (C=O) groups excluding carboxylic acids is 1. The van der Waals surface area contributed by atoms with E-state index in [0.29, 0.717) is 5.13 Å². The first-order valence-electron chi connectivity index (χ1n) is 10.1. The smallest absolute Gasteiger partial charge is 0.236 e. The molecule has 0 saturated carbocycles. The number of nitrogens with one attached hydrogen (secondary N) is 1. The van der Waals surface area contributed by atoms with Gasteiger partial charge in [0, 0.05) is 33.8 Å². The van der Waals surface area contributed by atoms with Crippen LogP contribution in [-0.4, -0.2) is 31.4 Å². The number of amides is 1. The molecule has 3 heterocycles. The molecule has 1 amide bonds. The molecule has 0 aliphatic heterocycles. The summed E-state index contributed by atoms with van der Waals surface area (Å²) in [6.07, 6.45) is 4.79. The van der Waals surface area contributed by atoms with Crippen LogP contribution in [0.3, 0.4) is 0 Å².